The normalized spacial score (nSPS) is 9.07. The highest BCUT2D eigenvalue weighted by Gasteiger charge is 1.87. The van der Waals surface area contributed by atoms with Gasteiger partial charge in [-0.05, 0) is 12.1 Å². The summed E-state index contributed by atoms with van der Waals surface area (Å²) in [7, 11) is 0. The number of aromatic nitrogens is 3. The van der Waals surface area contributed by atoms with Gasteiger partial charge in [0.2, 0.25) is 0 Å². The Balaban J connectivity index is 0.000000151. The smallest absolute Gasteiger partial charge is 0.287 e. The number of nitrogens with zero attached hydrogens (tertiary/aromatic N) is 1. The summed E-state index contributed by atoms with van der Waals surface area (Å²) >= 11 is 0. The first-order valence-corrected chi connectivity index (χ1v) is 4.08. The number of rotatable bonds is 0. The molecule has 2 rings (SSSR count). The number of nitrogens with one attached hydrogen (secondary N) is 2. The Hall–Kier alpha value is -2.44. The molecular formula is C8H12N6O. The fourth-order valence-electron chi connectivity index (χ4n) is 0.747. The zero-order valence-electron chi connectivity index (χ0n) is 7.90. The van der Waals surface area contributed by atoms with E-state index in [-0.39, 0.29) is 11.2 Å². The quantitative estimate of drug-likeness (QED) is 0.398. The second-order valence-corrected chi connectivity index (χ2v) is 2.68. The molecule has 0 spiro atoms. The van der Waals surface area contributed by atoms with Crippen molar-refractivity contribution in [1.82, 2.24) is 15.2 Å². The van der Waals surface area contributed by atoms with Crippen molar-refractivity contribution < 1.29 is 0 Å². The summed E-state index contributed by atoms with van der Waals surface area (Å²) in [6, 6.07) is 3.45. The largest absolute Gasteiger partial charge is 0.396 e. The molecular weight excluding hydrogens is 196 g/mol. The molecule has 0 unspecified atom stereocenters. The molecule has 2 aromatic heterocycles. The minimum atomic E-state index is -0.264. The van der Waals surface area contributed by atoms with E-state index in [9.17, 15) is 4.79 Å². The third-order valence-electron chi connectivity index (χ3n) is 1.55. The fourth-order valence-corrected chi connectivity index (χ4v) is 0.747. The summed E-state index contributed by atoms with van der Waals surface area (Å²) < 4.78 is 0. The molecule has 0 amide bonds. The van der Waals surface area contributed by atoms with E-state index in [0.717, 1.165) is 0 Å². The molecule has 0 bridgehead atoms. The highest BCUT2D eigenvalue weighted by molar-refractivity contribution is 5.56. The monoisotopic (exact) mass is 208 g/mol. The van der Waals surface area contributed by atoms with Gasteiger partial charge in [0.15, 0.2) is 0 Å². The van der Waals surface area contributed by atoms with Crippen LogP contribution in [0.5, 0.6) is 0 Å². The van der Waals surface area contributed by atoms with Gasteiger partial charge < -0.3 is 22.3 Å². The minimum absolute atomic E-state index is 0.222. The van der Waals surface area contributed by atoms with E-state index in [4.69, 9.17) is 17.2 Å². The van der Waals surface area contributed by atoms with Crippen LogP contribution >= 0.6 is 0 Å². The van der Waals surface area contributed by atoms with Crippen molar-refractivity contribution in [1.29, 1.82) is 0 Å². The second-order valence-electron chi connectivity index (χ2n) is 2.68. The van der Waals surface area contributed by atoms with Gasteiger partial charge in [0.25, 0.3) is 5.56 Å². The minimum Gasteiger partial charge on any atom is -0.396 e. The topological polar surface area (TPSA) is 140 Å². The fraction of sp³-hybridized carbons (Fsp3) is 0. The van der Waals surface area contributed by atoms with E-state index in [1.807, 2.05) is 0 Å². The van der Waals surface area contributed by atoms with Crippen LogP contribution in [-0.4, -0.2) is 15.2 Å². The average molecular weight is 208 g/mol. The lowest BCUT2D eigenvalue weighted by molar-refractivity contribution is 1.06. The van der Waals surface area contributed by atoms with Crippen LogP contribution in [0.15, 0.2) is 29.3 Å². The number of H-pyrrole nitrogens is 2. The van der Waals surface area contributed by atoms with Crippen molar-refractivity contribution in [3.8, 4) is 0 Å². The molecule has 0 aliphatic heterocycles. The molecule has 80 valence electrons. The van der Waals surface area contributed by atoms with Gasteiger partial charge in [-0.25, -0.2) is 4.98 Å². The van der Waals surface area contributed by atoms with Crippen LogP contribution in [0.1, 0.15) is 0 Å². The summed E-state index contributed by atoms with van der Waals surface area (Å²) in [5.74, 6) is 0.396. The van der Waals surface area contributed by atoms with Crippen LogP contribution in [0.2, 0.25) is 0 Å². The standard InChI is InChI=1S/C5H7N3.C3H5N3O/c6-4-2-1-3-8-5(4)7;4-2-1-5-6-3(2)7/h1-3H,6H2,(H2,7,8);1H,4H2,(H2,5,6,7). The Morgan fingerprint density at radius 1 is 1.20 bits per heavy atom. The van der Waals surface area contributed by atoms with Gasteiger partial charge >= 0.3 is 0 Å². The van der Waals surface area contributed by atoms with E-state index in [2.05, 4.69) is 15.2 Å². The summed E-state index contributed by atoms with van der Waals surface area (Å²) in [6.45, 7) is 0. The van der Waals surface area contributed by atoms with Crippen LogP contribution in [0.4, 0.5) is 17.2 Å². The Bertz CT molecular complexity index is 453. The van der Waals surface area contributed by atoms with Crippen LogP contribution in [0.3, 0.4) is 0 Å². The van der Waals surface area contributed by atoms with Gasteiger partial charge in [-0.15, -0.1) is 0 Å². The van der Waals surface area contributed by atoms with Crippen LogP contribution in [0, 0.1) is 0 Å². The maximum absolute atomic E-state index is 10.2. The number of hydrogen-bond donors (Lipinski definition) is 5. The Morgan fingerprint density at radius 2 is 1.93 bits per heavy atom. The molecule has 0 saturated heterocycles. The lowest BCUT2D eigenvalue weighted by Gasteiger charge is -1.92. The van der Waals surface area contributed by atoms with Crippen LogP contribution in [-0.2, 0) is 0 Å². The first kappa shape index (κ1) is 10.6. The van der Waals surface area contributed by atoms with Gasteiger partial charge in [0.05, 0.1) is 5.69 Å². The van der Waals surface area contributed by atoms with Gasteiger partial charge in [-0.2, -0.15) is 0 Å². The van der Waals surface area contributed by atoms with Crippen molar-refractivity contribution in [2.45, 2.75) is 0 Å². The molecule has 0 aliphatic carbocycles. The summed E-state index contributed by atoms with van der Waals surface area (Å²) in [5.41, 5.74) is 16.2. The van der Waals surface area contributed by atoms with Crippen molar-refractivity contribution >= 4 is 17.2 Å². The van der Waals surface area contributed by atoms with Crippen molar-refractivity contribution in [2.75, 3.05) is 17.2 Å². The number of nitrogens with two attached hydrogens (primary N) is 3. The first-order chi connectivity index (χ1) is 7.11. The van der Waals surface area contributed by atoms with E-state index in [1.165, 1.54) is 6.20 Å². The molecule has 2 heterocycles. The second kappa shape index (κ2) is 4.70. The zero-order valence-corrected chi connectivity index (χ0v) is 7.90. The van der Waals surface area contributed by atoms with Crippen LogP contribution in [0.25, 0.3) is 0 Å². The lowest BCUT2D eigenvalue weighted by atomic mass is 10.4. The SMILES string of the molecule is Nc1c[nH][nH]c1=O.Nc1cccnc1N. The zero-order chi connectivity index (χ0) is 11.3. The van der Waals surface area contributed by atoms with Gasteiger partial charge in [0.1, 0.15) is 11.5 Å². The molecule has 0 aromatic carbocycles. The molecule has 7 nitrogen and oxygen atoms in total. The number of aromatic amines is 2. The first-order valence-electron chi connectivity index (χ1n) is 4.08. The predicted molar refractivity (Wildman–Crippen MR) is 58.9 cm³/mol. The number of hydrogen-bond acceptors (Lipinski definition) is 5. The number of nitrogen functional groups attached to an aromatic ring is 3. The summed E-state index contributed by atoms with van der Waals surface area (Å²) in [5, 5.41) is 4.70. The molecule has 7 heteroatoms. The predicted octanol–water partition coefficient (Wildman–Crippen LogP) is -0.469. The molecule has 0 atom stereocenters. The van der Waals surface area contributed by atoms with E-state index >= 15 is 0 Å². The number of pyridine rings is 1. The van der Waals surface area contributed by atoms with Gasteiger partial charge in [0, 0.05) is 12.4 Å². The Labute approximate surface area is 85.3 Å². The van der Waals surface area contributed by atoms with E-state index < -0.39 is 0 Å². The summed E-state index contributed by atoms with van der Waals surface area (Å²) in [4.78, 5) is 13.9. The molecule has 0 fully saturated rings. The van der Waals surface area contributed by atoms with E-state index in [0.29, 0.717) is 11.5 Å². The summed E-state index contributed by atoms with van der Waals surface area (Å²) in [6.07, 6.45) is 3.01. The average Bonchev–Trinajstić information content (AvgIpc) is 2.57. The molecule has 8 N–H and O–H groups in total. The molecule has 0 aliphatic rings. The number of anilines is 3. The van der Waals surface area contributed by atoms with Crippen molar-refractivity contribution in [3.05, 3.63) is 34.9 Å². The Kier molecular flexibility index (Phi) is 3.33. The molecule has 2 aromatic rings. The van der Waals surface area contributed by atoms with Crippen molar-refractivity contribution in [3.63, 3.8) is 0 Å². The van der Waals surface area contributed by atoms with Gasteiger partial charge in [-0.1, -0.05) is 0 Å². The third-order valence-corrected chi connectivity index (χ3v) is 1.55. The maximum atomic E-state index is 10.2. The van der Waals surface area contributed by atoms with Crippen LogP contribution < -0.4 is 22.8 Å². The van der Waals surface area contributed by atoms with Crippen molar-refractivity contribution in [2.24, 2.45) is 0 Å². The lowest BCUT2D eigenvalue weighted by Crippen LogP contribution is -2.03. The molecule has 15 heavy (non-hydrogen) atoms. The van der Waals surface area contributed by atoms with Gasteiger partial charge in [-0.3, -0.25) is 9.89 Å². The highest BCUT2D eigenvalue weighted by Crippen LogP contribution is 2.06. The highest BCUT2D eigenvalue weighted by atomic mass is 16.1. The maximum Gasteiger partial charge on any atom is 0.287 e. The molecule has 0 saturated carbocycles. The van der Waals surface area contributed by atoms with E-state index in [1.54, 1.807) is 18.3 Å². The molecule has 0 radical (unpaired) electrons. The third kappa shape index (κ3) is 3.07. The Morgan fingerprint density at radius 3 is 2.20 bits per heavy atom.